The van der Waals surface area contributed by atoms with Crippen LogP contribution in [0.1, 0.15) is 26.7 Å². The van der Waals surface area contributed by atoms with Gasteiger partial charge in [0.25, 0.3) is 0 Å². The maximum absolute atomic E-state index is 11.3. The maximum atomic E-state index is 11.3. The Morgan fingerprint density at radius 2 is 2.36 bits per heavy atom. The monoisotopic (exact) mass is 201 g/mol. The minimum absolute atomic E-state index is 0.174. The number of carbonyl (C=O) groups excluding carboxylic acids is 1. The van der Waals surface area contributed by atoms with Gasteiger partial charge in [0.15, 0.2) is 0 Å². The molecule has 0 aromatic heterocycles. The summed E-state index contributed by atoms with van der Waals surface area (Å²) in [5, 5.41) is 8.75. The zero-order valence-corrected chi connectivity index (χ0v) is 8.90. The van der Waals surface area contributed by atoms with Crippen molar-refractivity contribution in [3.8, 4) is 0 Å². The average molecular weight is 201 g/mol. The molecular formula is C10H19NO3. The van der Waals surface area contributed by atoms with Gasteiger partial charge >= 0.3 is 0 Å². The first kappa shape index (κ1) is 11.5. The van der Waals surface area contributed by atoms with Crippen LogP contribution in [0, 0.1) is 0 Å². The number of rotatable bonds is 3. The molecule has 4 heteroatoms. The summed E-state index contributed by atoms with van der Waals surface area (Å²) in [5.74, 6) is -0.174. The molecule has 1 amide bonds. The third-order valence-electron chi connectivity index (χ3n) is 2.69. The highest BCUT2D eigenvalue weighted by molar-refractivity contribution is 5.77. The number of hydrogen-bond donors (Lipinski definition) is 1. The van der Waals surface area contributed by atoms with Crippen LogP contribution in [-0.4, -0.2) is 47.8 Å². The summed E-state index contributed by atoms with van der Waals surface area (Å²) in [6, 6.07) is 0.181. The zero-order chi connectivity index (χ0) is 10.6. The van der Waals surface area contributed by atoms with E-state index in [9.17, 15) is 4.79 Å². The summed E-state index contributed by atoms with van der Waals surface area (Å²) in [6.45, 7) is 5.02. The van der Waals surface area contributed by atoms with Crippen LogP contribution in [0.2, 0.25) is 0 Å². The molecule has 0 bridgehead atoms. The predicted molar refractivity (Wildman–Crippen MR) is 52.9 cm³/mol. The molecule has 82 valence electrons. The predicted octanol–water partition coefficient (Wildman–Crippen LogP) is 0.395. The molecule has 0 spiro atoms. The lowest BCUT2D eigenvalue weighted by Crippen LogP contribution is -2.47. The summed E-state index contributed by atoms with van der Waals surface area (Å²) in [5.41, 5.74) is 0. The van der Waals surface area contributed by atoms with Crippen LogP contribution >= 0.6 is 0 Å². The van der Waals surface area contributed by atoms with Crippen molar-refractivity contribution in [1.82, 2.24) is 4.90 Å². The smallest absolute Gasteiger partial charge is 0.248 e. The van der Waals surface area contributed by atoms with E-state index in [2.05, 4.69) is 0 Å². The van der Waals surface area contributed by atoms with Crippen molar-refractivity contribution in [2.45, 2.75) is 38.8 Å². The van der Waals surface area contributed by atoms with Crippen LogP contribution < -0.4 is 0 Å². The van der Waals surface area contributed by atoms with Crippen molar-refractivity contribution in [2.24, 2.45) is 0 Å². The third-order valence-corrected chi connectivity index (χ3v) is 2.69. The highest BCUT2D eigenvalue weighted by Crippen LogP contribution is 2.19. The van der Waals surface area contributed by atoms with Gasteiger partial charge < -0.3 is 14.7 Å². The molecule has 2 atom stereocenters. The number of amides is 1. The third kappa shape index (κ3) is 2.69. The molecule has 1 rings (SSSR count). The fourth-order valence-corrected chi connectivity index (χ4v) is 1.98. The number of carbonyl (C=O) groups is 1. The second-order valence-corrected chi connectivity index (χ2v) is 3.70. The van der Waals surface area contributed by atoms with Crippen molar-refractivity contribution in [3.05, 3.63) is 0 Å². The Hall–Kier alpha value is -0.610. The molecule has 14 heavy (non-hydrogen) atoms. The SMILES string of the molecule is CCO[C@@H]1CCN(C(=O)CO)[C@H](C)C1. The largest absolute Gasteiger partial charge is 0.387 e. The minimum atomic E-state index is -0.385. The van der Waals surface area contributed by atoms with Crippen molar-refractivity contribution in [1.29, 1.82) is 0 Å². The van der Waals surface area contributed by atoms with Crippen LogP contribution in [0.4, 0.5) is 0 Å². The summed E-state index contributed by atoms with van der Waals surface area (Å²) >= 11 is 0. The first-order valence-corrected chi connectivity index (χ1v) is 5.21. The van der Waals surface area contributed by atoms with Crippen LogP contribution in [0.3, 0.4) is 0 Å². The van der Waals surface area contributed by atoms with Crippen molar-refractivity contribution in [3.63, 3.8) is 0 Å². The Labute approximate surface area is 84.8 Å². The van der Waals surface area contributed by atoms with Gasteiger partial charge in [0, 0.05) is 19.2 Å². The minimum Gasteiger partial charge on any atom is -0.387 e. The van der Waals surface area contributed by atoms with Gasteiger partial charge in [0.2, 0.25) is 5.91 Å². The average Bonchev–Trinajstić information content (AvgIpc) is 2.17. The van der Waals surface area contributed by atoms with Crippen molar-refractivity contribution >= 4 is 5.91 Å². The van der Waals surface area contributed by atoms with Crippen LogP contribution in [0.5, 0.6) is 0 Å². The molecule has 4 nitrogen and oxygen atoms in total. The van der Waals surface area contributed by atoms with Gasteiger partial charge in [0.1, 0.15) is 6.61 Å². The summed E-state index contributed by atoms with van der Waals surface area (Å²) in [4.78, 5) is 13.0. The lowest BCUT2D eigenvalue weighted by Gasteiger charge is -2.37. The summed E-state index contributed by atoms with van der Waals surface area (Å²) < 4.78 is 5.51. The number of ether oxygens (including phenoxy) is 1. The highest BCUT2D eigenvalue weighted by Gasteiger charge is 2.28. The van der Waals surface area contributed by atoms with Gasteiger partial charge in [-0.2, -0.15) is 0 Å². The van der Waals surface area contributed by atoms with Crippen LogP contribution in [0.25, 0.3) is 0 Å². The molecule has 0 aliphatic carbocycles. The molecule has 1 fully saturated rings. The molecule has 1 heterocycles. The molecule has 0 aromatic rings. The number of piperidine rings is 1. The molecule has 1 aliphatic heterocycles. The fourth-order valence-electron chi connectivity index (χ4n) is 1.98. The maximum Gasteiger partial charge on any atom is 0.248 e. The Balaban J connectivity index is 2.43. The molecule has 1 saturated heterocycles. The summed E-state index contributed by atoms with van der Waals surface area (Å²) in [7, 11) is 0. The van der Waals surface area contributed by atoms with Gasteiger partial charge in [-0.15, -0.1) is 0 Å². The lowest BCUT2D eigenvalue weighted by atomic mass is 10.0. The topological polar surface area (TPSA) is 49.8 Å². The zero-order valence-electron chi connectivity index (χ0n) is 8.90. The van der Waals surface area contributed by atoms with E-state index in [1.807, 2.05) is 13.8 Å². The van der Waals surface area contributed by atoms with E-state index in [1.54, 1.807) is 4.90 Å². The highest BCUT2D eigenvalue weighted by atomic mass is 16.5. The molecule has 1 N–H and O–H groups in total. The first-order valence-electron chi connectivity index (χ1n) is 5.21. The molecule has 0 aromatic carbocycles. The van der Waals surface area contributed by atoms with Crippen molar-refractivity contribution < 1.29 is 14.6 Å². The van der Waals surface area contributed by atoms with E-state index in [0.717, 1.165) is 19.4 Å². The van der Waals surface area contributed by atoms with Crippen molar-refractivity contribution in [2.75, 3.05) is 19.8 Å². The Kier molecular flexibility index (Phi) is 4.35. The van der Waals surface area contributed by atoms with Gasteiger partial charge in [-0.05, 0) is 26.7 Å². The molecule has 1 aliphatic rings. The number of aliphatic hydroxyl groups excluding tert-OH is 1. The number of hydrogen-bond acceptors (Lipinski definition) is 3. The summed E-state index contributed by atoms with van der Waals surface area (Å²) in [6.07, 6.45) is 2.03. The van der Waals surface area contributed by atoms with E-state index in [1.165, 1.54) is 0 Å². The van der Waals surface area contributed by atoms with E-state index in [0.29, 0.717) is 6.54 Å². The van der Waals surface area contributed by atoms with Crippen LogP contribution in [0.15, 0.2) is 0 Å². The quantitative estimate of drug-likeness (QED) is 0.719. The lowest BCUT2D eigenvalue weighted by molar-refractivity contribution is -0.139. The van der Waals surface area contributed by atoms with Gasteiger partial charge in [0.05, 0.1) is 6.10 Å². The van der Waals surface area contributed by atoms with E-state index in [-0.39, 0.29) is 24.7 Å². The Morgan fingerprint density at radius 3 is 2.86 bits per heavy atom. The molecule has 0 unspecified atom stereocenters. The number of nitrogens with zero attached hydrogens (tertiary/aromatic N) is 1. The van der Waals surface area contributed by atoms with Crippen LogP contribution in [-0.2, 0) is 9.53 Å². The second kappa shape index (κ2) is 5.32. The number of likely N-dealkylation sites (tertiary alicyclic amines) is 1. The standard InChI is InChI=1S/C10H19NO3/c1-3-14-9-4-5-11(8(2)6-9)10(13)7-12/h8-9,12H,3-7H2,1-2H3/t8-,9-/m1/s1. The first-order chi connectivity index (χ1) is 6.69. The fraction of sp³-hybridized carbons (Fsp3) is 0.900. The number of aliphatic hydroxyl groups is 1. The van der Waals surface area contributed by atoms with E-state index in [4.69, 9.17) is 9.84 Å². The Morgan fingerprint density at radius 1 is 1.64 bits per heavy atom. The molecule has 0 radical (unpaired) electrons. The second-order valence-electron chi connectivity index (χ2n) is 3.70. The van der Waals surface area contributed by atoms with E-state index < -0.39 is 0 Å². The van der Waals surface area contributed by atoms with E-state index >= 15 is 0 Å². The van der Waals surface area contributed by atoms with Gasteiger partial charge in [-0.3, -0.25) is 4.79 Å². The normalized spacial score (nSPS) is 27.8. The van der Waals surface area contributed by atoms with Gasteiger partial charge in [-0.1, -0.05) is 0 Å². The van der Waals surface area contributed by atoms with Gasteiger partial charge in [-0.25, -0.2) is 0 Å². The molecular weight excluding hydrogens is 182 g/mol. The Bertz CT molecular complexity index is 196. The molecule has 0 saturated carbocycles.